The summed E-state index contributed by atoms with van der Waals surface area (Å²) < 4.78 is 0. The second-order valence-electron chi connectivity index (χ2n) is 12.3. The monoisotopic (exact) mass is 574 g/mol. The van der Waals surface area contributed by atoms with Crippen LogP contribution in [0.5, 0.6) is 0 Å². The number of Topliss-reactive ketones (excluding diaryl/α,β-unsaturated/α-hetero) is 4. The fraction of sp³-hybridized carbons (Fsp3) is 0.579. The van der Waals surface area contributed by atoms with Crippen LogP contribution in [0.25, 0.3) is 11.1 Å². The van der Waals surface area contributed by atoms with Crippen molar-refractivity contribution in [2.75, 3.05) is 0 Å². The van der Waals surface area contributed by atoms with E-state index < -0.39 is 0 Å². The molecule has 0 radical (unpaired) electrons. The van der Waals surface area contributed by atoms with E-state index in [2.05, 4.69) is 45.9 Å². The maximum atomic E-state index is 13.5. The zero-order valence-corrected chi connectivity index (χ0v) is 27.3. The number of carbonyl (C=O) groups excluding carboxylic acids is 4. The first-order valence-electron chi connectivity index (χ1n) is 16.4. The fourth-order valence-corrected chi connectivity index (χ4v) is 6.50. The lowest BCUT2D eigenvalue weighted by Crippen LogP contribution is -2.30. The minimum absolute atomic E-state index is 0.00862. The molecule has 4 heteroatoms. The zero-order chi connectivity index (χ0) is 31.2. The first-order chi connectivity index (χ1) is 20.1. The molecule has 0 heterocycles. The Hall–Kier alpha value is -2.88. The Bertz CT molecular complexity index is 1190. The maximum Gasteiger partial charge on any atom is 0.163 e. The summed E-state index contributed by atoms with van der Waals surface area (Å²) in [6.07, 6.45) is 9.09. The van der Waals surface area contributed by atoms with Crippen LogP contribution in [0.15, 0.2) is 36.4 Å². The van der Waals surface area contributed by atoms with Gasteiger partial charge >= 0.3 is 0 Å². The highest BCUT2D eigenvalue weighted by Crippen LogP contribution is 2.40. The zero-order valence-electron chi connectivity index (χ0n) is 27.3. The lowest BCUT2D eigenvalue weighted by molar-refractivity contribution is -0.130. The molecule has 1 aliphatic rings. The Morgan fingerprint density at radius 2 is 1.57 bits per heavy atom. The van der Waals surface area contributed by atoms with Gasteiger partial charge < -0.3 is 0 Å². The van der Waals surface area contributed by atoms with Gasteiger partial charge in [0.05, 0.1) is 6.42 Å². The van der Waals surface area contributed by atoms with Gasteiger partial charge in [0.15, 0.2) is 5.78 Å². The summed E-state index contributed by atoms with van der Waals surface area (Å²) >= 11 is 0. The summed E-state index contributed by atoms with van der Waals surface area (Å²) in [5.41, 5.74) is 6.17. The number of carbonyl (C=O) groups is 4. The van der Waals surface area contributed by atoms with Gasteiger partial charge in [-0.15, -0.1) is 0 Å². The molecule has 230 valence electrons. The van der Waals surface area contributed by atoms with E-state index in [-0.39, 0.29) is 47.3 Å². The van der Waals surface area contributed by atoms with Gasteiger partial charge in [0, 0.05) is 30.7 Å². The van der Waals surface area contributed by atoms with Crippen molar-refractivity contribution in [3.8, 4) is 11.1 Å². The molecular formula is C38H54O4. The van der Waals surface area contributed by atoms with E-state index in [1.54, 1.807) is 0 Å². The van der Waals surface area contributed by atoms with Crippen LogP contribution in [0.1, 0.15) is 133 Å². The van der Waals surface area contributed by atoms with Crippen molar-refractivity contribution in [1.82, 2.24) is 0 Å². The van der Waals surface area contributed by atoms with Gasteiger partial charge in [0.25, 0.3) is 0 Å². The molecule has 0 fully saturated rings. The molecule has 2 aromatic carbocycles. The smallest absolute Gasteiger partial charge is 0.163 e. The second kappa shape index (κ2) is 17.9. The predicted octanol–water partition coefficient (Wildman–Crippen LogP) is 9.51. The van der Waals surface area contributed by atoms with Crippen LogP contribution in [0.3, 0.4) is 0 Å². The third kappa shape index (κ3) is 10.1. The molecule has 0 amide bonds. The number of aryl methyl sites for hydroxylation is 1. The number of fused-ring (bicyclic) bond motifs is 1. The molecule has 0 N–H and O–H groups in total. The van der Waals surface area contributed by atoms with Gasteiger partial charge in [0.2, 0.25) is 0 Å². The number of hydrogen-bond donors (Lipinski definition) is 0. The molecule has 0 bridgehead atoms. The average Bonchev–Trinajstić information content (AvgIpc) is 2.93. The molecule has 3 unspecified atom stereocenters. The summed E-state index contributed by atoms with van der Waals surface area (Å²) in [6, 6.07) is 12.4. The first-order valence-corrected chi connectivity index (χ1v) is 16.4. The summed E-state index contributed by atoms with van der Waals surface area (Å²) in [6.45, 7) is 14.0. The average molecular weight is 575 g/mol. The van der Waals surface area contributed by atoms with Gasteiger partial charge in [-0.3, -0.25) is 19.2 Å². The van der Waals surface area contributed by atoms with Crippen molar-refractivity contribution in [1.29, 1.82) is 0 Å². The summed E-state index contributed by atoms with van der Waals surface area (Å²) in [5.74, 6) is 0.676. The SMILES string of the molecule is CCC.CCCCC(=O)Cc1ccc(-c2ccc(C)c3c2CC(CC(CCC)C(CC)C(=O)CC(C)=O)CC3=O)cc1. The predicted molar refractivity (Wildman–Crippen MR) is 174 cm³/mol. The molecule has 0 spiro atoms. The number of hydrogen-bond acceptors (Lipinski definition) is 4. The number of ketones is 4. The van der Waals surface area contributed by atoms with E-state index >= 15 is 0 Å². The van der Waals surface area contributed by atoms with Crippen molar-refractivity contribution in [2.24, 2.45) is 17.8 Å². The van der Waals surface area contributed by atoms with Crippen molar-refractivity contribution in [2.45, 2.75) is 126 Å². The standard InChI is InChI=1S/C35H46O4.C3H8/c1-6-9-11-29(37)20-25-13-15-27(16-14-25)31-17-12-23(4)35-32(31)21-26(22-34(35)39)19-28(10-7-2)30(8-3)33(38)18-24(5)36;1-3-2/h12-17,26,28,30H,6-11,18-22H2,1-5H3;3H2,1-2H3. The first kappa shape index (κ1) is 35.3. The van der Waals surface area contributed by atoms with E-state index in [1.807, 2.05) is 32.0 Å². The molecule has 0 saturated carbocycles. The van der Waals surface area contributed by atoms with Crippen LogP contribution in [-0.2, 0) is 27.2 Å². The van der Waals surface area contributed by atoms with E-state index in [0.29, 0.717) is 19.3 Å². The number of benzene rings is 2. The summed E-state index contributed by atoms with van der Waals surface area (Å²) in [5, 5.41) is 0. The topological polar surface area (TPSA) is 68.3 Å². The largest absolute Gasteiger partial charge is 0.300 e. The minimum Gasteiger partial charge on any atom is -0.300 e. The van der Waals surface area contributed by atoms with Crippen LogP contribution >= 0.6 is 0 Å². The van der Waals surface area contributed by atoms with Crippen LogP contribution in [0.2, 0.25) is 0 Å². The second-order valence-corrected chi connectivity index (χ2v) is 12.3. The highest BCUT2D eigenvalue weighted by Gasteiger charge is 2.34. The fourth-order valence-electron chi connectivity index (χ4n) is 6.50. The minimum atomic E-state index is -0.130. The van der Waals surface area contributed by atoms with Crippen LogP contribution < -0.4 is 0 Å². The van der Waals surface area contributed by atoms with Crippen molar-refractivity contribution < 1.29 is 19.2 Å². The molecule has 4 nitrogen and oxygen atoms in total. The Morgan fingerprint density at radius 3 is 2.14 bits per heavy atom. The van der Waals surface area contributed by atoms with Crippen molar-refractivity contribution >= 4 is 23.1 Å². The Morgan fingerprint density at radius 1 is 0.905 bits per heavy atom. The van der Waals surface area contributed by atoms with Gasteiger partial charge in [0.1, 0.15) is 17.3 Å². The normalized spacial score (nSPS) is 15.7. The molecule has 3 rings (SSSR count). The quantitative estimate of drug-likeness (QED) is 0.199. The third-order valence-electron chi connectivity index (χ3n) is 8.38. The van der Waals surface area contributed by atoms with Crippen LogP contribution in [0, 0.1) is 24.7 Å². The molecule has 0 aliphatic heterocycles. The molecule has 1 aliphatic carbocycles. The molecule has 2 aromatic rings. The molecule has 0 aromatic heterocycles. The van der Waals surface area contributed by atoms with Gasteiger partial charge in [-0.25, -0.2) is 0 Å². The van der Waals surface area contributed by atoms with Crippen molar-refractivity contribution in [3.05, 3.63) is 58.7 Å². The Kier molecular flexibility index (Phi) is 15.1. The van der Waals surface area contributed by atoms with E-state index in [1.165, 1.54) is 13.3 Å². The van der Waals surface area contributed by atoms with Gasteiger partial charge in [-0.2, -0.15) is 0 Å². The van der Waals surface area contributed by atoms with Gasteiger partial charge in [-0.1, -0.05) is 96.7 Å². The highest BCUT2D eigenvalue weighted by molar-refractivity contribution is 6.02. The Balaban J connectivity index is 0.00000197. The Labute approximate surface area is 255 Å². The van der Waals surface area contributed by atoms with E-state index in [9.17, 15) is 19.2 Å². The third-order valence-corrected chi connectivity index (χ3v) is 8.38. The molecule has 3 atom stereocenters. The molecule has 0 saturated heterocycles. The number of rotatable bonds is 15. The van der Waals surface area contributed by atoms with Gasteiger partial charge in [-0.05, 0) is 79.2 Å². The lowest BCUT2D eigenvalue weighted by atomic mass is 9.71. The molecule has 42 heavy (non-hydrogen) atoms. The van der Waals surface area contributed by atoms with E-state index in [4.69, 9.17) is 0 Å². The summed E-state index contributed by atoms with van der Waals surface area (Å²) in [4.78, 5) is 50.3. The van der Waals surface area contributed by atoms with E-state index in [0.717, 1.165) is 78.3 Å². The number of unbranched alkanes of at least 4 members (excludes halogenated alkanes) is 1. The maximum absolute atomic E-state index is 13.5. The summed E-state index contributed by atoms with van der Waals surface area (Å²) in [7, 11) is 0. The van der Waals surface area contributed by atoms with Crippen LogP contribution in [-0.4, -0.2) is 23.1 Å². The highest BCUT2D eigenvalue weighted by atomic mass is 16.1. The lowest BCUT2D eigenvalue weighted by Gasteiger charge is -2.32. The molecular weight excluding hydrogens is 520 g/mol. The van der Waals surface area contributed by atoms with Crippen LogP contribution in [0.4, 0.5) is 0 Å². The van der Waals surface area contributed by atoms with Crippen molar-refractivity contribution in [3.63, 3.8) is 0 Å².